The highest BCUT2D eigenvalue weighted by Gasteiger charge is 2.35. The number of nitrogens with zero attached hydrogens (tertiary/aromatic N) is 1. The molecule has 1 aliphatic rings. The lowest BCUT2D eigenvalue weighted by Gasteiger charge is -2.24. The van der Waals surface area contributed by atoms with Crippen LogP contribution in [0.4, 0.5) is 0 Å². The van der Waals surface area contributed by atoms with E-state index in [4.69, 9.17) is 0 Å². The molecule has 0 radical (unpaired) electrons. The molecule has 0 unspecified atom stereocenters. The van der Waals surface area contributed by atoms with E-state index in [0.717, 1.165) is 11.1 Å². The lowest BCUT2D eigenvalue weighted by molar-refractivity contribution is 0.0642. The topological polar surface area (TPSA) is 37.4 Å². The van der Waals surface area contributed by atoms with Crippen LogP contribution in [-0.2, 0) is 6.54 Å². The zero-order chi connectivity index (χ0) is 21.2. The van der Waals surface area contributed by atoms with Crippen LogP contribution in [0.15, 0.2) is 109 Å². The van der Waals surface area contributed by atoms with E-state index in [1.807, 2.05) is 54.6 Å². The third-order valence-electron chi connectivity index (χ3n) is 5.84. The summed E-state index contributed by atoms with van der Waals surface area (Å²) in [5, 5.41) is 0. The van der Waals surface area contributed by atoms with Gasteiger partial charge in [-0.05, 0) is 34.4 Å². The number of benzene rings is 4. The van der Waals surface area contributed by atoms with E-state index in [9.17, 15) is 9.59 Å². The van der Waals surface area contributed by atoms with Crippen molar-refractivity contribution in [1.82, 2.24) is 4.90 Å². The van der Waals surface area contributed by atoms with Crippen LogP contribution in [0, 0.1) is 0 Å². The van der Waals surface area contributed by atoms with Crippen molar-refractivity contribution in [2.75, 3.05) is 0 Å². The van der Waals surface area contributed by atoms with E-state index in [-0.39, 0.29) is 24.3 Å². The number of imide groups is 1. The predicted octanol–water partition coefficient (Wildman–Crippen LogP) is 5.66. The third-order valence-corrected chi connectivity index (χ3v) is 5.84. The van der Waals surface area contributed by atoms with Crippen LogP contribution < -0.4 is 0 Å². The average molecular weight is 403 g/mol. The normalized spacial score (nSPS) is 13.0. The summed E-state index contributed by atoms with van der Waals surface area (Å²) in [6, 6.07) is 35.8. The fourth-order valence-corrected chi connectivity index (χ4v) is 4.36. The molecule has 31 heavy (non-hydrogen) atoms. The van der Waals surface area contributed by atoms with Gasteiger partial charge in [-0.25, -0.2) is 0 Å². The first-order chi connectivity index (χ1) is 15.2. The van der Waals surface area contributed by atoms with Crippen molar-refractivity contribution < 1.29 is 9.59 Å². The van der Waals surface area contributed by atoms with Crippen LogP contribution in [0.2, 0.25) is 0 Å². The quantitative estimate of drug-likeness (QED) is 0.318. The van der Waals surface area contributed by atoms with Gasteiger partial charge in [0.2, 0.25) is 0 Å². The second-order valence-corrected chi connectivity index (χ2v) is 7.70. The number of amides is 2. The molecule has 4 aromatic carbocycles. The lowest BCUT2D eigenvalue weighted by atomic mass is 9.83. The van der Waals surface area contributed by atoms with Crippen molar-refractivity contribution in [2.24, 2.45) is 0 Å². The van der Waals surface area contributed by atoms with E-state index >= 15 is 0 Å². The molecule has 3 heteroatoms. The van der Waals surface area contributed by atoms with E-state index in [1.54, 1.807) is 24.3 Å². The van der Waals surface area contributed by atoms with Gasteiger partial charge < -0.3 is 0 Å². The molecule has 1 aliphatic heterocycles. The van der Waals surface area contributed by atoms with E-state index in [2.05, 4.69) is 30.3 Å². The van der Waals surface area contributed by atoms with Crippen molar-refractivity contribution in [3.8, 4) is 0 Å². The molecule has 1 heterocycles. The Kier molecular flexibility index (Phi) is 4.93. The molecule has 0 spiro atoms. The van der Waals surface area contributed by atoms with Gasteiger partial charge in [-0.2, -0.15) is 0 Å². The molecule has 0 bridgehead atoms. The van der Waals surface area contributed by atoms with Gasteiger partial charge in [0.05, 0.1) is 17.7 Å². The first-order valence-corrected chi connectivity index (χ1v) is 10.4. The number of rotatable bonds is 5. The summed E-state index contributed by atoms with van der Waals surface area (Å²) in [7, 11) is 0. The molecular formula is C28H21NO2. The number of carbonyl (C=O) groups is 2. The molecule has 0 saturated heterocycles. The number of fused-ring (bicyclic) bond motifs is 1. The molecule has 0 aliphatic carbocycles. The van der Waals surface area contributed by atoms with Gasteiger partial charge in [-0.3, -0.25) is 14.5 Å². The van der Waals surface area contributed by atoms with Gasteiger partial charge in [-0.1, -0.05) is 97.1 Å². The van der Waals surface area contributed by atoms with Crippen LogP contribution in [-0.4, -0.2) is 16.7 Å². The van der Waals surface area contributed by atoms with Crippen molar-refractivity contribution in [1.29, 1.82) is 0 Å². The van der Waals surface area contributed by atoms with Crippen LogP contribution in [0.1, 0.15) is 48.9 Å². The highest BCUT2D eigenvalue weighted by atomic mass is 16.2. The minimum absolute atomic E-state index is 0.00813. The monoisotopic (exact) mass is 403 g/mol. The molecule has 0 atom stereocenters. The SMILES string of the molecule is O=C1c2ccccc2C(=O)N1Cc1ccccc1C(c1ccccc1)c1ccccc1. The molecule has 0 saturated carbocycles. The summed E-state index contributed by atoms with van der Waals surface area (Å²) in [6.45, 7) is 0.249. The maximum atomic E-state index is 12.9. The van der Waals surface area contributed by atoms with Crippen LogP contribution in [0.25, 0.3) is 0 Å². The average Bonchev–Trinajstić information content (AvgIpc) is 3.07. The van der Waals surface area contributed by atoms with Gasteiger partial charge in [0.25, 0.3) is 11.8 Å². The van der Waals surface area contributed by atoms with Gasteiger partial charge >= 0.3 is 0 Å². The van der Waals surface area contributed by atoms with Crippen molar-refractivity contribution in [3.05, 3.63) is 143 Å². The Hall–Kier alpha value is -3.98. The van der Waals surface area contributed by atoms with Gasteiger partial charge in [0, 0.05) is 5.92 Å². The standard InChI is InChI=1S/C28H21NO2/c30-27-24-17-9-10-18-25(24)28(31)29(27)19-22-15-7-8-16-23(22)26(20-11-3-1-4-12-20)21-13-5-2-6-14-21/h1-18,26H,19H2. The zero-order valence-corrected chi connectivity index (χ0v) is 16.9. The summed E-state index contributed by atoms with van der Waals surface area (Å²) < 4.78 is 0. The molecule has 4 aromatic rings. The maximum absolute atomic E-state index is 12.9. The van der Waals surface area contributed by atoms with Crippen molar-refractivity contribution >= 4 is 11.8 Å². The summed E-state index contributed by atoms with van der Waals surface area (Å²) >= 11 is 0. The molecule has 0 aromatic heterocycles. The van der Waals surface area contributed by atoms with Gasteiger partial charge in [0.15, 0.2) is 0 Å². The molecular weight excluding hydrogens is 382 g/mol. The Morgan fingerprint density at radius 2 is 1.00 bits per heavy atom. The summed E-state index contributed by atoms with van der Waals surface area (Å²) in [5.41, 5.74) is 5.36. The number of hydrogen-bond acceptors (Lipinski definition) is 2. The Bertz CT molecular complexity index is 1170. The van der Waals surface area contributed by atoms with Gasteiger partial charge in [-0.15, -0.1) is 0 Å². The zero-order valence-electron chi connectivity index (χ0n) is 16.9. The molecule has 0 N–H and O–H groups in total. The summed E-state index contributed by atoms with van der Waals surface area (Å²) in [6.07, 6.45) is 0. The largest absolute Gasteiger partial charge is 0.270 e. The molecule has 5 rings (SSSR count). The Morgan fingerprint density at radius 3 is 1.55 bits per heavy atom. The van der Waals surface area contributed by atoms with Crippen LogP contribution >= 0.6 is 0 Å². The highest BCUT2D eigenvalue weighted by molar-refractivity contribution is 6.21. The Balaban J connectivity index is 1.57. The van der Waals surface area contributed by atoms with E-state index in [1.165, 1.54) is 16.0 Å². The first kappa shape index (κ1) is 19.0. The maximum Gasteiger partial charge on any atom is 0.261 e. The summed E-state index contributed by atoms with van der Waals surface area (Å²) in [5.74, 6) is -0.452. The van der Waals surface area contributed by atoms with E-state index < -0.39 is 0 Å². The van der Waals surface area contributed by atoms with Crippen LogP contribution in [0.3, 0.4) is 0 Å². The van der Waals surface area contributed by atoms with Crippen molar-refractivity contribution in [2.45, 2.75) is 12.5 Å². The molecule has 2 amide bonds. The van der Waals surface area contributed by atoms with Crippen molar-refractivity contribution in [3.63, 3.8) is 0 Å². The number of hydrogen-bond donors (Lipinski definition) is 0. The molecule has 3 nitrogen and oxygen atoms in total. The first-order valence-electron chi connectivity index (χ1n) is 10.4. The molecule has 0 fully saturated rings. The van der Waals surface area contributed by atoms with Crippen LogP contribution in [0.5, 0.6) is 0 Å². The fourth-order valence-electron chi connectivity index (χ4n) is 4.36. The third kappa shape index (κ3) is 3.44. The Morgan fingerprint density at radius 1 is 0.548 bits per heavy atom. The molecule has 150 valence electrons. The lowest BCUT2D eigenvalue weighted by Crippen LogP contribution is -2.29. The fraction of sp³-hybridized carbons (Fsp3) is 0.0714. The minimum atomic E-state index is -0.230. The smallest absolute Gasteiger partial charge is 0.261 e. The van der Waals surface area contributed by atoms with Gasteiger partial charge in [0.1, 0.15) is 0 Å². The highest BCUT2D eigenvalue weighted by Crippen LogP contribution is 2.35. The Labute approximate surface area is 181 Å². The summed E-state index contributed by atoms with van der Waals surface area (Å²) in [4.78, 5) is 27.2. The number of carbonyl (C=O) groups excluding carboxylic acids is 2. The second-order valence-electron chi connectivity index (χ2n) is 7.70. The predicted molar refractivity (Wildman–Crippen MR) is 121 cm³/mol. The minimum Gasteiger partial charge on any atom is -0.270 e. The second kappa shape index (κ2) is 8.04. The van der Waals surface area contributed by atoms with E-state index in [0.29, 0.717) is 11.1 Å².